The highest BCUT2D eigenvalue weighted by Gasteiger charge is 2.36. The zero-order chi connectivity index (χ0) is 28.5. The summed E-state index contributed by atoms with van der Waals surface area (Å²) in [6.07, 6.45) is 0.684. The van der Waals surface area contributed by atoms with E-state index in [9.17, 15) is 13.2 Å². The lowest BCUT2D eigenvalue weighted by Gasteiger charge is -2.14. The molecule has 0 unspecified atom stereocenters. The third-order valence-electron chi connectivity index (χ3n) is 5.93. The number of aliphatic imine (C=N–C) groups is 1. The normalized spacial score (nSPS) is 15.0. The number of halogens is 5. The first-order valence-electron chi connectivity index (χ1n) is 11.9. The average molecular weight is 568 g/mol. The van der Waals surface area contributed by atoms with Gasteiger partial charge in [0.2, 0.25) is 5.88 Å². The topological polar surface area (TPSA) is 113 Å². The van der Waals surface area contributed by atoms with Crippen molar-refractivity contribution in [2.24, 2.45) is 16.6 Å². The number of alkyl halides is 3. The van der Waals surface area contributed by atoms with Crippen molar-refractivity contribution in [1.82, 2.24) is 24.5 Å². The highest BCUT2D eigenvalue weighted by Crippen LogP contribution is 2.37. The lowest BCUT2D eigenvalue weighted by molar-refractivity contribution is -0.140. The summed E-state index contributed by atoms with van der Waals surface area (Å²) < 4.78 is 66.9. The fourth-order valence-electron chi connectivity index (χ4n) is 3.85. The number of pyridine rings is 1. The van der Waals surface area contributed by atoms with Gasteiger partial charge in [0, 0.05) is 37.0 Å². The molecule has 14 heteroatoms. The van der Waals surface area contributed by atoms with Gasteiger partial charge in [-0.1, -0.05) is 11.6 Å². The molecule has 0 aliphatic heterocycles. The zero-order valence-electron chi connectivity index (χ0n) is 21.6. The van der Waals surface area contributed by atoms with Crippen LogP contribution in [0.2, 0.25) is 5.02 Å². The second-order valence-electron chi connectivity index (χ2n) is 9.08. The molecule has 1 saturated carbocycles. The molecule has 9 nitrogen and oxygen atoms in total. The van der Waals surface area contributed by atoms with Crippen molar-refractivity contribution >= 4 is 22.9 Å². The quantitative estimate of drug-likeness (QED) is 0.207. The number of nitrogens with zero attached hydrogens (tertiary/aromatic N) is 6. The van der Waals surface area contributed by atoms with E-state index in [1.807, 2.05) is 0 Å². The van der Waals surface area contributed by atoms with Crippen LogP contribution in [0.25, 0.3) is 17.1 Å². The van der Waals surface area contributed by atoms with Crippen molar-refractivity contribution in [1.29, 1.82) is 0 Å². The Morgan fingerprint density at radius 3 is 2.51 bits per heavy atom. The van der Waals surface area contributed by atoms with Crippen LogP contribution in [0.4, 0.5) is 17.6 Å². The van der Waals surface area contributed by atoms with E-state index in [4.69, 9.17) is 26.8 Å². The van der Waals surface area contributed by atoms with Crippen LogP contribution in [0.3, 0.4) is 0 Å². The van der Waals surface area contributed by atoms with E-state index in [1.165, 1.54) is 24.1 Å². The zero-order valence-corrected chi connectivity index (χ0v) is 22.3. The Balaban J connectivity index is 1.59. The second kappa shape index (κ2) is 11.2. The smallest absolute Gasteiger partial charge is 0.434 e. The summed E-state index contributed by atoms with van der Waals surface area (Å²) in [6, 6.07) is 0.694. The van der Waals surface area contributed by atoms with Gasteiger partial charge in [0.15, 0.2) is 29.0 Å². The van der Waals surface area contributed by atoms with Gasteiger partial charge in [-0.15, -0.1) is 0 Å². The molecule has 0 spiro atoms. The number of ether oxygens (including phenoxy) is 2. The molecule has 39 heavy (non-hydrogen) atoms. The first-order valence-corrected chi connectivity index (χ1v) is 12.3. The standard InChI is InChI=1S/C25H26ClF4N7O2/c1-12(2)37-10-17(25(28,29)30)35-23(37)20-16(27)7-13(8-33-20)11-39-24-15(26)9-34-22(36-24)18(21(31)38-4)19(32-3)14-5-6-14/h7-10,12,14H,5-6,11,31H2,1-4H3. The van der Waals surface area contributed by atoms with Gasteiger partial charge < -0.3 is 19.8 Å². The van der Waals surface area contributed by atoms with Gasteiger partial charge in [0.1, 0.15) is 22.9 Å². The van der Waals surface area contributed by atoms with Crippen molar-refractivity contribution in [3.05, 3.63) is 58.5 Å². The van der Waals surface area contributed by atoms with Crippen LogP contribution in [0, 0.1) is 11.7 Å². The van der Waals surface area contributed by atoms with Crippen LogP contribution in [-0.4, -0.2) is 44.4 Å². The van der Waals surface area contributed by atoms with Gasteiger partial charge in [-0.2, -0.15) is 18.2 Å². The van der Waals surface area contributed by atoms with Crippen LogP contribution in [0.1, 0.15) is 49.8 Å². The third kappa shape index (κ3) is 6.13. The van der Waals surface area contributed by atoms with E-state index < -0.39 is 23.7 Å². The molecule has 2 N–H and O–H groups in total. The molecule has 0 radical (unpaired) electrons. The minimum Gasteiger partial charge on any atom is -0.482 e. The summed E-state index contributed by atoms with van der Waals surface area (Å²) in [4.78, 5) is 20.6. The largest absolute Gasteiger partial charge is 0.482 e. The van der Waals surface area contributed by atoms with Gasteiger partial charge in [-0.25, -0.2) is 19.3 Å². The van der Waals surface area contributed by atoms with Gasteiger partial charge in [-0.05, 0) is 32.8 Å². The maximum absolute atomic E-state index is 15.0. The Morgan fingerprint density at radius 2 is 1.95 bits per heavy atom. The molecule has 0 amide bonds. The minimum atomic E-state index is -4.68. The maximum atomic E-state index is 15.0. The summed E-state index contributed by atoms with van der Waals surface area (Å²) in [6.45, 7) is 3.13. The Labute approximate surface area is 226 Å². The summed E-state index contributed by atoms with van der Waals surface area (Å²) in [7, 11) is 3.07. The van der Waals surface area contributed by atoms with Crippen LogP contribution in [0.15, 0.2) is 35.5 Å². The lowest BCUT2D eigenvalue weighted by Crippen LogP contribution is -2.16. The number of methoxy groups -OCH3 is 1. The molecule has 1 aliphatic carbocycles. The second-order valence-corrected chi connectivity index (χ2v) is 9.49. The van der Waals surface area contributed by atoms with Crippen LogP contribution >= 0.6 is 11.6 Å². The Kier molecular flexibility index (Phi) is 8.09. The number of hydrogen-bond acceptors (Lipinski definition) is 8. The molecule has 4 rings (SSSR count). The molecular formula is C25H26ClF4N7O2. The van der Waals surface area contributed by atoms with Crippen molar-refractivity contribution in [2.45, 2.75) is 45.5 Å². The fourth-order valence-corrected chi connectivity index (χ4v) is 4.00. The molecule has 3 heterocycles. The molecule has 208 valence electrons. The lowest BCUT2D eigenvalue weighted by atomic mass is 10.1. The first kappa shape index (κ1) is 28.3. The van der Waals surface area contributed by atoms with Crippen LogP contribution < -0.4 is 10.5 Å². The Morgan fingerprint density at radius 1 is 1.23 bits per heavy atom. The minimum absolute atomic E-state index is 0.00368. The molecule has 3 aromatic rings. The van der Waals surface area contributed by atoms with E-state index in [1.54, 1.807) is 20.9 Å². The van der Waals surface area contributed by atoms with Gasteiger partial charge >= 0.3 is 6.18 Å². The molecular weight excluding hydrogens is 542 g/mol. The van der Waals surface area contributed by atoms with E-state index in [0.29, 0.717) is 11.3 Å². The van der Waals surface area contributed by atoms with Crippen molar-refractivity contribution in [3.8, 4) is 17.4 Å². The number of imidazole rings is 1. The number of rotatable bonds is 9. The number of nitrogens with two attached hydrogens (primary N) is 1. The third-order valence-corrected chi connectivity index (χ3v) is 6.19. The SMILES string of the molecule is CN=C(C(=C(N)OC)c1ncc(Cl)c(OCc2cnc(-c3nc(C(F)(F)F)cn3C(C)C)c(F)c2)n1)C1CC1. The van der Waals surface area contributed by atoms with Crippen LogP contribution in [0.5, 0.6) is 5.88 Å². The summed E-state index contributed by atoms with van der Waals surface area (Å²) >= 11 is 6.24. The van der Waals surface area contributed by atoms with Gasteiger partial charge in [0.05, 0.1) is 19.0 Å². The summed E-state index contributed by atoms with van der Waals surface area (Å²) in [5.74, 6) is -0.589. The molecule has 3 aromatic heterocycles. The van der Waals surface area contributed by atoms with E-state index in [2.05, 4.69) is 24.9 Å². The highest BCUT2D eigenvalue weighted by atomic mass is 35.5. The number of allylic oxidation sites excluding steroid dienone is 1. The van der Waals surface area contributed by atoms with Crippen LogP contribution in [-0.2, 0) is 17.5 Å². The molecule has 1 fully saturated rings. The molecule has 0 atom stereocenters. The summed E-state index contributed by atoms with van der Waals surface area (Å²) in [5, 5.41) is 0.0965. The summed E-state index contributed by atoms with van der Waals surface area (Å²) in [5.41, 5.74) is 6.05. The maximum Gasteiger partial charge on any atom is 0.434 e. The molecule has 0 saturated heterocycles. The first-order chi connectivity index (χ1) is 18.4. The highest BCUT2D eigenvalue weighted by molar-refractivity contribution is 6.31. The van der Waals surface area contributed by atoms with E-state index in [-0.39, 0.29) is 52.2 Å². The van der Waals surface area contributed by atoms with Gasteiger partial charge in [0.25, 0.3) is 0 Å². The van der Waals surface area contributed by atoms with Gasteiger partial charge in [-0.3, -0.25) is 4.99 Å². The predicted octanol–water partition coefficient (Wildman–Crippen LogP) is 5.46. The van der Waals surface area contributed by atoms with Crippen molar-refractivity contribution < 1.29 is 27.0 Å². The van der Waals surface area contributed by atoms with Crippen molar-refractivity contribution in [2.75, 3.05) is 14.2 Å². The van der Waals surface area contributed by atoms with E-state index in [0.717, 1.165) is 25.1 Å². The molecule has 0 bridgehead atoms. The average Bonchev–Trinajstić information content (AvgIpc) is 3.62. The monoisotopic (exact) mass is 567 g/mol. The fraction of sp³-hybridized carbons (Fsp3) is 0.400. The predicted molar refractivity (Wildman–Crippen MR) is 136 cm³/mol. The van der Waals surface area contributed by atoms with Crippen molar-refractivity contribution in [3.63, 3.8) is 0 Å². The Bertz CT molecular complexity index is 1430. The number of hydrogen-bond donors (Lipinski definition) is 1. The Hall–Kier alpha value is -3.74. The van der Waals surface area contributed by atoms with E-state index >= 15 is 4.39 Å². The molecule has 0 aromatic carbocycles. The number of aromatic nitrogens is 5. The molecule has 1 aliphatic rings.